The van der Waals surface area contributed by atoms with Crippen molar-refractivity contribution in [1.29, 1.82) is 0 Å². The Morgan fingerprint density at radius 1 is 1.42 bits per heavy atom. The van der Waals surface area contributed by atoms with E-state index in [2.05, 4.69) is 22.6 Å². The first-order valence-corrected chi connectivity index (χ1v) is 5.68. The van der Waals surface area contributed by atoms with Gasteiger partial charge in [0.05, 0.1) is 12.7 Å². The van der Waals surface area contributed by atoms with Gasteiger partial charge in [0.2, 0.25) is 0 Å². The van der Waals surface area contributed by atoms with Crippen LogP contribution in [0.2, 0.25) is 0 Å². The number of rotatable bonds is 1. The second kappa shape index (κ2) is 3.08. The quantitative estimate of drug-likeness (QED) is 0.537. The molecule has 4 heteroatoms. The average Bonchev–Trinajstić information content (AvgIpc) is 2.42. The topological polar surface area (TPSA) is 27.7 Å². The van der Waals surface area contributed by atoms with Crippen molar-refractivity contribution < 1.29 is 14.2 Å². The van der Waals surface area contributed by atoms with E-state index in [0.29, 0.717) is 6.61 Å². The maximum atomic E-state index is 5.72. The Kier molecular flexibility index (Phi) is 2.35. The third-order valence-corrected chi connectivity index (χ3v) is 3.08. The van der Waals surface area contributed by atoms with E-state index in [4.69, 9.17) is 14.2 Å². The molecular formula is C8H13IO3. The van der Waals surface area contributed by atoms with Crippen molar-refractivity contribution >= 4 is 22.6 Å². The maximum absolute atomic E-state index is 5.72. The molecule has 3 nitrogen and oxygen atoms in total. The molecule has 0 unspecified atom stereocenters. The summed E-state index contributed by atoms with van der Waals surface area (Å²) in [5.41, 5.74) is 0. The first-order chi connectivity index (χ1) is 5.62. The van der Waals surface area contributed by atoms with Crippen LogP contribution < -0.4 is 0 Å². The molecule has 3 atom stereocenters. The Hall–Kier alpha value is 0.610. The average molecular weight is 284 g/mol. The summed E-state index contributed by atoms with van der Waals surface area (Å²) in [5.74, 6) is -0.414. The molecule has 0 aliphatic carbocycles. The van der Waals surface area contributed by atoms with Gasteiger partial charge in [0.25, 0.3) is 0 Å². The highest BCUT2D eigenvalue weighted by molar-refractivity contribution is 14.1. The lowest BCUT2D eigenvalue weighted by Gasteiger charge is -2.20. The van der Waals surface area contributed by atoms with Crippen LogP contribution in [0, 0.1) is 0 Å². The van der Waals surface area contributed by atoms with Crippen LogP contribution in [0.5, 0.6) is 0 Å². The summed E-state index contributed by atoms with van der Waals surface area (Å²) in [7, 11) is 0. The molecule has 2 rings (SSSR count). The van der Waals surface area contributed by atoms with Crippen LogP contribution in [-0.4, -0.2) is 35.1 Å². The molecule has 2 fully saturated rings. The number of halogens is 1. The van der Waals surface area contributed by atoms with Crippen LogP contribution >= 0.6 is 22.6 Å². The number of alkyl halides is 1. The van der Waals surface area contributed by atoms with Crippen molar-refractivity contribution in [1.82, 2.24) is 0 Å². The molecule has 0 aromatic rings. The Morgan fingerprint density at radius 2 is 2.17 bits per heavy atom. The second-order valence-corrected chi connectivity index (χ2v) is 4.55. The van der Waals surface area contributed by atoms with Crippen molar-refractivity contribution in [3.05, 3.63) is 0 Å². The van der Waals surface area contributed by atoms with E-state index in [9.17, 15) is 0 Å². The summed E-state index contributed by atoms with van der Waals surface area (Å²) in [6.07, 6.45) is 0.522. The minimum atomic E-state index is -0.414. The van der Waals surface area contributed by atoms with E-state index in [1.165, 1.54) is 0 Å². The van der Waals surface area contributed by atoms with Gasteiger partial charge in [-0.25, -0.2) is 0 Å². The molecule has 0 radical (unpaired) electrons. The molecule has 70 valence electrons. The molecule has 0 spiro atoms. The smallest absolute Gasteiger partial charge is 0.164 e. The molecule has 2 saturated heterocycles. The van der Waals surface area contributed by atoms with E-state index in [-0.39, 0.29) is 18.3 Å². The Bertz CT molecular complexity index is 183. The summed E-state index contributed by atoms with van der Waals surface area (Å²) in [6.45, 7) is 4.59. The van der Waals surface area contributed by atoms with E-state index in [0.717, 1.165) is 4.43 Å². The van der Waals surface area contributed by atoms with E-state index in [1.54, 1.807) is 0 Å². The first kappa shape index (κ1) is 9.18. The van der Waals surface area contributed by atoms with Crippen LogP contribution in [-0.2, 0) is 14.2 Å². The molecule has 0 aromatic carbocycles. The molecular weight excluding hydrogens is 271 g/mol. The SMILES string of the molecule is CC1(C)O[C@@H]2[C@H](CO[C@@H]2CI)O1. The molecule has 2 heterocycles. The third kappa shape index (κ3) is 1.49. The summed E-state index contributed by atoms with van der Waals surface area (Å²) < 4.78 is 17.9. The van der Waals surface area contributed by atoms with Gasteiger partial charge in [-0.1, -0.05) is 22.6 Å². The fraction of sp³-hybridized carbons (Fsp3) is 1.00. The highest BCUT2D eigenvalue weighted by Gasteiger charge is 2.49. The molecule has 2 aliphatic heterocycles. The zero-order valence-corrected chi connectivity index (χ0v) is 9.41. The van der Waals surface area contributed by atoms with Crippen LogP contribution in [0.4, 0.5) is 0 Å². The standard InChI is InChI=1S/C8H13IO3/c1-8(2)11-6-4-10-5(3-9)7(6)12-8/h5-7H,3-4H2,1-2H3/t5-,6+,7+/m1/s1. The Morgan fingerprint density at radius 3 is 2.83 bits per heavy atom. The number of hydrogen-bond acceptors (Lipinski definition) is 3. The van der Waals surface area contributed by atoms with Gasteiger partial charge in [0.1, 0.15) is 12.2 Å². The first-order valence-electron chi connectivity index (χ1n) is 4.15. The third-order valence-electron chi connectivity index (χ3n) is 2.21. The van der Waals surface area contributed by atoms with E-state index >= 15 is 0 Å². The molecule has 0 aromatic heterocycles. The van der Waals surface area contributed by atoms with Gasteiger partial charge in [-0.3, -0.25) is 0 Å². The van der Waals surface area contributed by atoms with E-state index in [1.807, 2.05) is 13.8 Å². The fourth-order valence-corrected chi connectivity index (χ4v) is 2.51. The molecule has 0 amide bonds. The lowest BCUT2D eigenvalue weighted by Crippen LogP contribution is -2.30. The number of hydrogen-bond donors (Lipinski definition) is 0. The van der Waals surface area contributed by atoms with Crippen molar-refractivity contribution in [2.45, 2.75) is 37.9 Å². The predicted octanol–water partition coefficient (Wildman–Crippen LogP) is 1.34. The van der Waals surface area contributed by atoms with Gasteiger partial charge in [0, 0.05) is 4.43 Å². The molecule has 2 aliphatic rings. The lowest BCUT2D eigenvalue weighted by molar-refractivity contribution is -0.172. The Balaban J connectivity index is 2.06. The van der Waals surface area contributed by atoms with Crippen LogP contribution in [0.25, 0.3) is 0 Å². The molecule has 12 heavy (non-hydrogen) atoms. The summed E-state index contributed by atoms with van der Waals surface area (Å²) in [6, 6.07) is 0. The lowest BCUT2D eigenvalue weighted by atomic mass is 10.2. The summed E-state index contributed by atoms with van der Waals surface area (Å²) in [4.78, 5) is 0. The van der Waals surface area contributed by atoms with Gasteiger partial charge in [-0.05, 0) is 13.8 Å². The molecule has 0 N–H and O–H groups in total. The van der Waals surface area contributed by atoms with Gasteiger partial charge in [-0.15, -0.1) is 0 Å². The zero-order chi connectivity index (χ0) is 8.77. The maximum Gasteiger partial charge on any atom is 0.164 e. The molecule has 0 saturated carbocycles. The molecule has 0 bridgehead atoms. The highest BCUT2D eigenvalue weighted by atomic mass is 127. The summed E-state index contributed by atoms with van der Waals surface area (Å²) >= 11 is 2.32. The van der Waals surface area contributed by atoms with E-state index < -0.39 is 5.79 Å². The second-order valence-electron chi connectivity index (χ2n) is 3.66. The van der Waals surface area contributed by atoms with Gasteiger partial charge in [-0.2, -0.15) is 0 Å². The van der Waals surface area contributed by atoms with Crippen LogP contribution in [0.3, 0.4) is 0 Å². The minimum absolute atomic E-state index is 0.150. The number of ether oxygens (including phenoxy) is 3. The fourth-order valence-electron chi connectivity index (χ4n) is 1.75. The number of fused-ring (bicyclic) bond motifs is 1. The van der Waals surface area contributed by atoms with Crippen molar-refractivity contribution in [2.75, 3.05) is 11.0 Å². The summed E-state index contributed by atoms with van der Waals surface area (Å²) in [5, 5.41) is 0. The predicted molar refractivity (Wildman–Crippen MR) is 52.5 cm³/mol. The zero-order valence-electron chi connectivity index (χ0n) is 7.25. The van der Waals surface area contributed by atoms with Crippen LogP contribution in [0.15, 0.2) is 0 Å². The monoisotopic (exact) mass is 284 g/mol. The largest absolute Gasteiger partial charge is 0.372 e. The van der Waals surface area contributed by atoms with Gasteiger partial charge >= 0.3 is 0 Å². The normalized spacial score (nSPS) is 44.8. The van der Waals surface area contributed by atoms with Crippen molar-refractivity contribution in [3.8, 4) is 0 Å². The van der Waals surface area contributed by atoms with Crippen molar-refractivity contribution in [2.24, 2.45) is 0 Å². The highest BCUT2D eigenvalue weighted by Crippen LogP contribution is 2.35. The van der Waals surface area contributed by atoms with Crippen molar-refractivity contribution in [3.63, 3.8) is 0 Å². The minimum Gasteiger partial charge on any atom is -0.372 e. The van der Waals surface area contributed by atoms with Gasteiger partial charge < -0.3 is 14.2 Å². The van der Waals surface area contributed by atoms with Gasteiger partial charge in [0.15, 0.2) is 5.79 Å². The Labute approximate surface area is 85.9 Å². The van der Waals surface area contributed by atoms with Crippen LogP contribution in [0.1, 0.15) is 13.8 Å².